The molecular formula is C54H37N. The van der Waals surface area contributed by atoms with Gasteiger partial charge in [0.2, 0.25) is 0 Å². The summed E-state index contributed by atoms with van der Waals surface area (Å²) in [4.78, 5) is 2.37. The van der Waals surface area contributed by atoms with E-state index in [9.17, 15) is 0 Å². The first kappa shape index (κ1) is 32.4. The Bertz CT molecular complexity index is 2930. The van der Waals surface area contributed by atoms with E-state index < -0.39 is 0 Å². The van der Waals surface area contributed by atoms with Crippen LogP contribution in [0, 0.1) is 0 Å². The van der Waals surface area contributed by atoms with Crippen molar-refractivity contribution < 1.29 is 0 Å². The lowest BCUT2D eigenvalue weighted by atomic mass is 9.93. The Balaban J connectivity index is 1.09. The Hall–Kier alpha value is -7.22. The molecule has 0 aliphatic carbocycles. The smallest absolute Gasteiger partial charge is 0.0468 e. The molecule has 0 heterocycles. The van der Waals surface area contributed by atoms with Crippen molar-refractivity contribution in [3.63, 3.8) is 0 Å². The third-order valence-corrected chi connectivity index (χ3v) is 10.9. The van der Waals surface area contributed by atoms with Crippen molar-refractivity contribution in [3.05, 3.63) is 224 Å². The van der Waals surface area contributed by atoms with E-state index in [2.05, 4.69) is 229 Å². The minimum atomic E-state index is 1.10. The molecule has 0 aromatic heterocycles. The molecule has 0 atom stereocenters. The maximum atomic E-state index is 2.37. The lowest BCUT2D eigenvalue weighted by molar-refractivity contribution is 1.28. The normalized spacial score (nSPS) is 11.3. The van der Waals surface area contributed by atoms with Crippen LogP contribution in [0.1, 0.15) is 0 Å². The molecule has 1 nitrogen and oxygen atoms in total. The number of hydrogen-bond donors (Lipinski definition) is 0. The number of nitrogens with zero attached hydrogens (tertiary/aromatic N) is 1. The third-order valence-electron chi connectivity index (χ3n) is 10.9. The van der Waals surface area contributed by atoms with Crippen LogP contribution in [0.15, 0.2) is 224 Å². The molecule has 55 heavy (non-hydrogen) atoms. The minimum absolute atomic E-state index is 1.10. The fourth-order valence-electron chi connectivity index (χ4n) is 8.08. The van der Waals surface area contributed by atoms with Gasteiger partial charge in [0.1, 0.15) is 0 Å². The van der Waals surface area contributed by atoms with Crippen LogP contribution in [-0.4, -0.2) is 0 Å². The van der Waals surface area contributed by atoms with Crippen LogP contribution in [0.2, 0.25) is 0 Å². The predicted molar refractivity (Wildman–Crippen MR) is 235 cm³/mol. The molecule has 0 aliphatic heterocycles. The van der Waals surface area contributed by atoms with Gasteiger partial charge in [-0.05, 0) is 119 Å². The zero-order valence-corrected chi connectivity index (χ0v) is 30.3. The van der Waals surface area contributed by atoms with Crippen molar-refractivity contribution in [3.8, 4) is 44.5 Å². The lowest BCUT2D eigenvalue weighted by Gasteiger charge is -2.27. The topological polar surface area (TPSA) is 3.24 Å². The zero-order chi connectivity index (χ0) is 36.6. The Morgan fingerprint density at radius 2 is 0.655 bits per heavy atom. The summed E-state index contributed by atoms with van der Waals surface area (Å²) >= 11 is 0. The standard InChI is InChI=1S/C54H37N/c1-4-12-38(13-5-1)39-22-28-46(29-23-39)55(48-32-35-50(41-14-6-2-7-15-41)54(37-48)42-16-8-3-9-17-42)47-30-24-40(25-31-47)45-21-20-44-27-33-51-49-19-11-10-18-43(49)26-34-52(51)53(44)36-45/h1-37H. The second-order valence-electron chi connectivity index (χ2n) is 14.1. The molecule has 10 rings (SSSR count). The maximum Gasteiger partial charge on any atom is 0.0468 e. The number of rotatable bonds is 7. The van der Waals surface area contributed by atoms with E-state index in [1.54, 1.807) is 0 Å². The molecule has 10 aromatic rings. The average Bonchev–Trinajstić information content (AvgIpc) is 3.27. The van der Waals surface area contributed by atoms with E-state index in [1.807, 2.05) is 0 Å². The molecule has 0 amide bonds. The van der Waals surface area contributed by atoms with E-state index in [0.29, 0.717) is 0 Å². The van der Waals surface area contributed by atoms with Gasteiger partial charge < -0.3 is 4.90 Å². The molecule has 0 spiro atoms. The van der Waals surface area contributed by atoms with E-state index in [-0.39, 0.29) is 0 Å². The first-order valence-electron chi connectivity index (χ1n) is 18.9. The monoisotopic (exact) mass is 699 g/mol. The first-order valence-corrected chi connectivity index (χ1v) is 18.9. The van der Waals surface area contributed by atoms with Crippen molar-refractivity contribution in [2.24, 2.45) is 0 Å². The van der Waals surface area contributed by atoms with E-state index in [0.717, 1.165) is 17.1 Å². The van der Waals surface area contributed by atoms with Crippen molar-refractivity contribution in [1.82, 2.24) is 0 Å². The van der Waals surface area contributed by atoms with Crippen molar-refractivity contribution in [2.75, 3.05) is 4.90 Å². The van der Waals surface area contributed by atoms with Crippen LogP contribution >= 0.6 is 0 Å². The number of benzene rings is 10. The summed E-state index contributed by atoms with van der Waals surface area (Å²) in [6.45, 7) is 0. The SMILES string of the molecule is c1ccc(-c2ccc(N(c3ccc(-c4ccc5ccc6c7ccccc7ccc6c5c4)cc3)c3ccc(-c4ccccc4)c(-c4ccccc4)c3)cc2)cc1. The van der Waals surface area contributed by atoms with Gasteiger partial charge in [-0.2, -0.15) is 0 Å². The molecule has 0 N–H and O–H groups in total. The quantitative estimate of drug-likeness (QED) is 0.150. The van der Waals surface area contributed by atoms with Crippen LogP contribution in [0.4, 0.5) is 17.1 Å². The summed E-state index contributed by atoms with van der Waals surface area (Å²) in [5.74, 6) is 0. The highest BCUT2D eigenvalue weighted by Crippen LogP contribution is 2.42. The van der Waals surface area contributed by atoms with Gasteiger partial charge in [0.05, 0.1) is 0 Å². The van der Waals surface area contributed by atoms with Gasteiger partial charge in [0, 0.05) is 17.1 Å². The highest BCUT2D eigenvalue weighted by molar-refractivity contribution is 6.17. The number of anilines is 3. The maximum absolute atomic E-state index is 2.37. The van der Waals surface area contributed by atoms with Crippen LogP contribution in [0.25, 0.3) is 76.8 Å². The zero-order valence-electron chi connectivity index (χ0n) is 30.3. The molecule has 1 heteroatoms. The first-order chi connectivity index (χ1) is 27.3. The van der Waals surface area contributed by atoms with Gasteiger partial charge in [0.25, 0.3) is 0 Å². The summed E-state index contributed by atoms with van der Waals surface area (Å²) in [5.41, 5.74) is 12.9. The van der Waals surface area contributed by atoms with Crippen LogP contribution < -0.4 is 4.90 Å². The molecule has 0 radical (unpaired) electrons. The van der Waals surface area contributed by atoms with E-state index >= 15 is 0 Å². The van der Waals surface area contributed by atoms with Gasteiger partial charge in [-0.3, -0.25) is 0 Å². The van der Waals surface area contributed by atoms with Gasteiger partial charge in [0.15, 0.2) is 0 Å². The highest BCUT2D eigenvalue weighted by atomic mass is 15.1. The summed E-state index contributed by atoms with van der Waals surface area (Å²) < 4.78 is 0. The Kier molecular flexibility index (Phi) is 8.24. The Morgan fingerprint density at radius 1 is 0.218 bits per heavy atom. The fraction of sp³-hybridized carbons (Fsp3) is 0. The molecular weight excluding hydrogens is 663 g/mol. The minimum Gasteiger partial charge on any atom is -0.310 e. The van der Waals surface area contributed by atoms with Crippen molar-refractivity contribution in [2.45, 2.75) is 0 Å². The largest absolute Gasteiger partial charge is 0.310 e. The Labute approximate surface area is 322 Å². The second-order valence-corrected chi connectivity index (χ2v) is 14.1. The third kappa shape index (κ3) is 6.12. The molecule has 10 aromatic carbocycles. The molecule has 0 aliphatic rings. The van der Waals surface area contributed by atoms with Crippen LogP contribution in [0.3, 0.4) is 0 Å². The van der Waals surface area contributed by atoms with E-state index in [4.69, 9.17) is 0 Å². The molecule has 0 unspecified atom stereocenters. The van der Waals surface area contributed by atoms with Crippen LogP contribution in [-0.2, 0) is 0 Å². The van der Waals surface area contributed by atoms with Gasteiger partial charge in [-0.25, -0.2) is 0 Å². The summed E-state index contributed by atoms with van der Waals surface area (Å²) in [7, 11) is 0. The summed E-state index contributed by atoms with van der Waals surface area (Å²) in [6, 6.07) is 81.4. The van der Waals surface area contributed by atoms with Crippen molar-refractivity contribution in [1.29, 1.82) is 0 Å². The van der Waals surface area contributed by atoms with Gasteiger partial charge >= 0.3 is 0 Å². The fourth-order valence-corrected chi connectivity index (χ4v) is 8.08. The molecule has 0 saturated heterocycles. The van der Waals surface area contributed by atoms with Crippen molar-refractivity contribution >= 4 is 49.4 Å². The average molecular weight is 700 g/mol. The number of fused-ring (bicyclic) bond motifs is 5. The lowest BCUT2D eigenvalue weighted by Crippen LogP contribution is -2.10. The summed E-state index contributed by atoms with van der Waals surface area (Å²) in [5, 5.41) is 7.67. The Morgan fingerprint density at radius 3 is 1.29 bits per heavy atom. The highest BCUT2D eigenvalue weighted by Gasteiger charge is 2.17. The predicted octanol–water partition coefficient (Wildman–Crippen LogP) is 15.3. The van der Waals surface area contributed by atoms with Crippen LogP contribution in [0.5, 0.6) is 0 Å². The van der Waals surface area contributed by atoms with E-state index in [1.165, 1.54) is 76.8 Å². The molecule has 0 saturated carbocycles. The molecule has 0 fully saturated rings. The molecule has 0 bridgehead atoms. The number of hydrogen-bond acceptors (Lipinski definition) is 1. The molecule has 258 valence electrons. The van der Waals surface area contributed by atoms with Gasteiger partial charge in [-0.1, -0.05) is 182 Å². The van der Waals surface area contributed by atoms with Gasteiger partial charge in [-0.15, -0.1) is 0 Å². The summed E-state index contributed by atoms with van der Waals surface area (Å²) in [6.07, 6.45) is 0. The second kappa shape index (κ2) is 14.0.